The van der Waals surface area contributed by atoms with Crippen LogP contribution in [0.2, 0.25) is 0 Å². The Hall–Kier alpha value is -1.02. The molecule has 0 saturated carbocycles. The minimum Gasteiger partial charge on any atom is -0.384 e. The molecular weight excluding hydrogens is 296 g/mol. The predicted molar refractivity (Wildman–Crippen MR) is 71.7 cm³/mol. The summed E-state index contributed by atoms with van der Waals surface area (Å²) in [7, 11) is -5.42. The minimum atomic E-state index is -4.54. The van der Waals surface area contributed by atoms with Crippen molar-refractivity contribution in [2.45, 2.75) is 17.6 Å². The van der Waals surface area contributed by atoms with Crippen LogP contribution in [0.25, 0.3) is 0 Å². The smallest absolute Gasteiger partial charge is 0.341 e. The van der Waals surface area contributed by atoms with Crippen LogP contribution >= 0.6 is 0 Å². The maximum absolute atomic E-state index is 12.3. The fourth-order valence-corrected chi connectivity index (χ4v) is 2.66. The number of benzene rings is 1. The van der Waals surface area contributed by atoms with E-state index in [2.05, 4.69) is 5.32 Å². The summed E-state index contributed by atoms with van der Waals surface area (Å²) in [5.74, 6) is -2.36. The van der Waals surface area contributed by atoms with Gasteiger partial charge in [0.1, 0.15) is 0 Å². The van der Waals surface area contributed by atoms with Gasteiger partial charge in [0.15, 0.2) is 0 Å². The van der Waals surface area contributed by atoms with Gasteiger partial charge in [-0.1, -0.05) is 6.92 Å². The number of hydrogen-bond acceptors (Lipinski definition) is 4. The molecule has 0 spiro atoms. The van der Waals surface area contributed by atoms with Crippen LogP contribution in [-0.2, 0) is 20.6 Å². The van der Waals surface area contributed by atoms with Gasteiger partial charge in [-0.25, -0.2) is 8.42 Å². The molecule has 0 radical (unpaired) electrons. The second-order valence-electron chi connectivity index (χ2n) is 3.69. The lowest BCUT2D eigenvalue weighted by atomic mass is 10.3. The lowest BCUT2D eigenvalue weighted by Crippen LogP contribution is -2.13. The van der Waals surface area contributed by atoms with Gasteiger partial charge in [0.05, 0.1) is 4.90 Å². The normalized spacial score (nSPS) is 13.5. The average Bonchev–Trinajstić information content (AvgIpc) is 2.39. The van der Waals surface area contributed by atoms with Gasteiger partial charge in [-0.3, -0.25) is 4.21 Å². The summed E-state index contributed by atoms with van der Waals surface area (Å²) in [4.78, 5) is -0.412. The van der Waals surface area contributed by atoms with Crippen molar-refractivity contribution in [1.82, 2.24) is 0 Å². The van der Waals surface area contributed by atoms with E-state index >= 15 is 0 Å². The van der Waals surface area contributed by atoms with E-state index in [1.54, 1.807) is 0 Å². The molecule has 1 N–H and O–H groups in total. The summed E-state index contributed by atoms with van der Waals surface area (Å²) >= 11 is 0. The summed E-state index contributed by atoms with van der Waals surface area (Å²) in [6.07, 6.45) is 0. The Morgan fingerprint density at radius 3 is 2.32 bits per heavy atom. The SMILES string of the molecule is CCS(=O)CCNc1ccc(S(=O)(=O)C(F)F)cc1. The zero-order valence-corrected chi connectivity index (χ0v) is 11.9. The van der Waals surface area contributed by atoms with Crippen LogP contribution in [0.1, 0.15) is 6.92 Å². The number of rotatable bonds is 7. The highest BCUT2D eigenvalue weighted by atomic mass is 32.2. The molecule has 0 heterocycles. The zero-order chi connectivity index (χ0) is 14.5. The molecule has 0 aromatic heterocycles. The van der Waals surface area contributed by atoms with Gasteiger partial charge < -0.3 is 5.32 Å². The topological polar surface area (TPSA) is 63.2 Å². The van der Waals surface area contributed by atoms with Crippen molar-refractivity contribution in [3.05, 3.63) is 24.3 Å². The number of sulfone groups is 1. The molecule has 4 nitrogen and oxygen atoms in total. The highest BCUT2D eigenvalue weighted by molar-refractivity contribution is 7.91. The van der Waals surface area contributed by atoms with Gasteiger partial charge in [0.2, 0.25) is 9.84 Å². The van der Waals surface area contributed by atoms with Crippen molar-refractivity contribution in [3.8, 4) is 0 Å². The van der Waals surface area contributed by atoms with Crippen LogP contribution in [0, 0.1) is 0 Å². The first kappa shape index (κ1) is 16.0. The number of nitrogens with one attached hydrogen (secondary N) is 1. The second-order valence-corrected chi connectivity index (χ2v) is 7.47. The largest absolute Gasteiger partial charge is 0.384 e. The van der Waals surface area contributed by atoms with Crippen molar-refractivity contribution < 1.29 is 21.4 Å². The average molecular weight is 311 g/mol. The van der Waals surface area contributed by atoms with Crippen molar-refractivity contribution in [3.63, 3.8) is 0 Å². The van der Waals surface area contributed by atoms with Gasteiger partial charge >= 0.3 is 5.76 Å². The number of halogens is 2. The monoisotopic (exact) mass is 311 g/mol. The second kappa shape index (κ2) is 6.95. The van der Waals surface area contributed by atoms with E-state index in [1.165, 1.54) is 12.1 Å². The molecule has 19 heavy (non-hydrogen) atoms. The number of anilines is 1. The highest BCUT2D eigenvalue weighted by Crippen LogP contribution is 2.20. The van der Waals surface area contributed by atoms with Crippen molar-refractivity contribution in [2.75, 3.05) is 23.4 Å². The molecule has 0 fully saturated rings. The Morgan fingerprint density at radius 2 is 1.84 bits per heavy atom. The van der Waals surface area contributed by atoms with Gasteiger partial charge in [-0.2, -0.15) is 8.78 Å². The van der Waals surface area contributed by atoms with E-state index in [0.29, 0.717) is 23.7 Å². The van der Waals surface area contributed by atoms with Crippen LogP contribution in [0.15, 0.2) is 29.2 Å². The van der Waals surface area contributed by atoms with E-state index in [0.717, 1.165) is 12.1 Å². The van der Waals surface area contributed by atoms with E-state index in [-0.39, 0.29) is 0 Å². The molecule has 0 aliphatic rings. The third-order valence-corrected chi connectivity index (χ3v) is 5.10. The lowest BCUT2D eigenvalue weighted by Gasteiger charge is -2.07. The molecule has 8 heteroatoms. The molecule has 0 amide bonds. The quantitative estimate of drug-likeness (QED) is 0.835. The van der Waals surface area contributed by atoms with Crippen LogP contribution in [0.4, 0.5) is 14.5 Å². The fraction of sp³-hybridized carbons (Fsp3) is 0.455. The molecule has 1 unspecified atom stereocenters. The van der Waals surface area contributed by atoms with Gasteiger partial charge in [-0.05, 0) is 24.3 Å². The van der Waals surface area contributed by atoms with Crippen LogP contribution < -0.4 is 5.32 Å². The third kappa shape index (κ3) is 4.54. The first-order valence-corrected chi connectivity index (χ1v) is 8.62. The minimum absolute atomic E-state index is 0.412. The molecule has 0 aliphatic heterocycles. The molecule has 1 aromatic rings. The predicted octanol–water partition coefficient (Wildman–Crippen LogP) is 1.86. The Balaban J connectivity index is 2.65. The first-order valence-electron chi connectivity index (χ1n) is 5.59. The van der Waals surface area contributed by atoms with Crippen LogP contribution in [0.5, 0.6) is 0 Å². The van der Waals surface area contributed by atoms with E-state index in [1.807, 2.05) is 6.92 Å². The molecule has 0 saturated heterocycles. The fourth-order valence-electron chi connectivity index (χ4n) is 1.32. The Bertz CT molecular complexity index is 529. The summed E-state index contributed by atoms with van der Waals surface area (Å²) in [5.41, 5.74) is 0.598. The number of alkyl halides is 2. The molecule has 1 aromatic carbocycles. The molecule has 1 atom stereocenters. The maximum atomic E-state index is 12.3. The van der Waals surface area contributed by atoms with E-state index < -0.39 is 31.3 Å². The Morgan fingerprint density at radius 1 is 1.26 bits per heavy atom. The summed E-state index contributed by atoms with van der Waals surface area (Å²) in [5, 5.41) is 2.94. The van der Waals surface area contributed by atoms with Crippen LogP contribution in [0.3, 0.4) is 0 Å². The van der Waals surface area contributed by atoms with Gasteiger partial charge in [-0.15, -0.1) is 0 Å². The lowest BCUT2D eigenvalue weighted by molar-refractivity contribution is 0.234. The van der Waals surface area contributed by atoms with E-state index in [4.69, 9.17) is 0 Å². The molecule has 0 bridgehead atoms. The van der Waals surface area contributed by atoms with Crippen molar-refractivity contribution in [2.24, 2.45) is 0 Å². The van der Waals surface area contributed by atoms with Crippen LogP contribution in [-0.4, -0.2) is 36.4 Å². The standard InChI is InChI=1S/C11H15F2NO3S2/c1-2-18(15)8-7-14-9-3-5-10(6-4-9)19(16,17)11(12)13/h3-6,11,14H,2,7-8H2,1H3. The Kier molecular flexibility index (Phi) is 5.86. The van der Waals surface area contributed by atoms with Crippen molar-refractivity contribution >= 4 is 26.3 Å². The molecule has 108 valence electrons. The Labute approximate surface area is 113 Å². The summed E-state index contributed by atoms with van der Waals surface area (Å²) < 4.78 is 58.1. The van der Waals surface area contributed by atoms with Gasteiger partial charge in [0, 0.05) is 34.5 Å². The number of hydrogen-bond donors (Lipinski definition) is 1. The summed E-state index contributed by atoms with van der Waals surface area (Å²) in [6, 6.07) is 5.06. The third-order valence-electron chi connectivity index (χ3n) is 2.40. The molecule has 0 aliphatic carbocycles. The summed E-state index contributed by atoms with van der Waals surface area (Å²) in [6.45, 7) is 2.29. The van der Waals surface area contributed by atoms with Crippen molar-refractivity contribution in [1.29, 1.82) is 0 Å². The molecular formula is C11H15F2NO3S2. The zero-order valence-electron chi connectivity index (χ0n) is 10.3. The van der Waals surface area contributed by atoms with Gasteiger partial charge in [0.25, 0.3) is 0 Å². The first-order chi connectivity index (χ1) is 8.87. The van der Waals surface area contributed by atoms with E-state index in [9.17, 15) is 21.4 Å². The molecule has 1 rings (SSSR count). The maximum Gasteiger partial charge on any atom is 0.341 e. The highest BCUT2D eigenvalue weighted by Gasteiger charge is 2.26.